The van der Waals surface area contributed by atoms with Crippen molar-refractivity contribution in [1.82, 2.24) is 14.8 Å². The van der Waals surface area contributed by atoms with Crippen LogP contribution in [0.15, 0.2) is 77.3 Å². The summed E-state index contributed by atoms with van der Waals surface area (Å²) in [5.74, 6) is -0.115. The number of carbonyl (C=O) groups is 1. The van der Waals surface area contributed by atoms with E-state index in [-0.39, 0.29) is 17.2 Å². The highest BCUT2D eigenvalue weighted by Gasteiger charge is 2.19. The molecule has 0 atom stereocenters. The van der Waals surface area contributed by atoms with Gasteiger partial charge in [0.1, 0.15) is 0 Å². The Kier molecular flexibility index (Phi) is 5.59. The average molecular weight is 478 g/mol. The summed E-state index contributed by atoms with van der Waals surface area (Å²) in [7, 11) is 0. The number of nitro benzene ring substituents is 1. The Labute approximate surface area is 185 Å². The summed E-state index contributed by atoms with van der Waals surface area (Å²) in [5, 5.41) is 18.0. The Morgan fingerprint density at radius 2 is 1.77 bits per heavy atom. The van der Waals surface area contributed by atoms with Gasteiger partial charge in [-0.2, -0.15) is 0 Å². The highest BCUT2D eigenvalue weighted by molar-refractivity contribution is 9.10. The smallest absolute Gasteiger partial charge is 0.295 e. The van der Waals surface area contributed by atoms with Crippen LogP contribution in [0.4, 0.5) is 11.4 Å². The molecule has 1 aromatic heterocycles. The minimum Gasteiger partial charge on any atom is -0.319 e. The molecule has 1 amide bonds. The fourth-order valence-electron chi connectivity index (χ4n) is 2.94. The van der Waals surface area contributed by atoms with Gasteiger partial charge in [0.25, 0.3) is 11.6 Å². The van der Waals surface area contributed by atoms with Crippen molar-refractivity contribution in [3.05, 3.63) is 98.8 Å². The maximum Gasteiger partial charge on any atom is 0.295 e. The molecule has 1 heterocycles. The van der Waals surface area contributed by atoms with Gasteiger partial charge in [-0.3, -0.25) is 14.9 Å². The Bertz CT molecular complexity index is 1200. The first-order valence-electron chi connectivity index (χ1n) is 9.26. The molecule has 0 aliphatic rings. The van der Waals surface area contributed by atoms with Crippen LogP contribution in [0, 0.1) is 17.0 Å². The third-order valence-electron chi connectivity index (χ3n) is 4.51. The number of aromatic nitrogens is 3. The van der Waals surface area contributed by atoms with Crippen LogP contribution in [0.25, 0.3) is 17.1 Å². The second-order valence-corrected chi connectivity index (χ2v) is 7.69. The summed E-state index contributed by atoms with van der Waals surface area (Å²) in [4.78, 5) is 27.7. The molecule has 8 nitrogen and oxygen atoms in total. The lowest BCUT2D eigenvalue weighted by Gasteiger charge is -2.06. The molecule has 0 aliphatic carbocycles. The molecule has 1 N–H and O–H groups in total. The van der Waals surface area contributed by atoms with Crippen molar-refractivity contribution in [2.24, 2.45) is 0 Å². The molecule has 3 aromatic carbocycles. The van der Waals surface area contributed by atoms with E-state index in [9.17, 15) is 14.9 Å². The molecule has 4 rings (SSSR count). The van der Waals surface area contributed by atoms with Crippen molar-refractivity contribution in [3.8, 4) is 17.1 Å². The van der Waals surface area contributed by atoms with E-state index in [1.165, 1.54) is 18.2 Å². The fourth-order valence-corrected chi connectivity index (χ4v) is 3.21. The first kappa shape index (κ1) is 20.4. The topological polar surface area (TPSA) is 103 Å². The van der Waals surface area contributed by atoms with Crippen LogP contribution >= 0.6 is 15.9 Å². The third-order valence-corrected chi connectivity index (χ3v) is 5.03. The molecule has 9 heteroatoms. The molecule has 0 spiro atoms. The Morgan fingerprint density at radius 1 is 1.06 bits per heavy atom. The van der Waals surface area contributed by atoms with E-state index in [0.717, 1.165) is 21.3 Å². The van der Waals surface area contributed by atoms with E-state index in [2.05, 4.69) is 31.3 Å². The monoisotopic (exact) mass is 477 g/mol. The van der Waals surface area contributed by atoms with Crippen molar-refractivity contribution in [3.63, 3.8) is 0 Å². The zero-order valence-corrected chi connectivity index (χ0v) is 17.9. The van der Waals surface area contributed by atoms with E-state index in [1.807, 2.05) is 55.5 Å². The molecular weight excluding hydrogens is 462 g/mol. The Hall–Kier alpha value is -3.85. The van der Waals surface area contributed by atoms with Crippen LogP contribution in [0.5, 0.6) is 0 Å². The van der Waals surface area contributed by atoms with Crippen LogP contribution in [-0.4, -0.2) is 25.6 Å². The number of anilines is 1. The van der Waals surface area contributed by atoms with Crippen LogP contribution in [-0.2, 0) is 0 Å². The van der Waals surface area contributed by atoms with Crippen molar-refractivity contribution in [2.45, 2.75) is 6.92 Å². The lowest BCUT2D eigenvalue weighted by atomic mass is 10.2. The van der Waals surface area contributed by atoms with Gasteiger partial charge >= 0.3 is 0 Å². The summed E-state index contributed by atoms with van der Waals surface area (Å²) < 4.78 is 2.52. The normalized spacial score (nSPS) is 10.6. The van der Waals surface area contributed by atoms with Crippen molar-refractivity contribution >= 4 is 33.2 Å². The Morgan fingerprint density at radius 3 is 2.45 bits per heavy atom. The van der Waals surface area contributed by atoms with Gasteiger partial charge in [0.2, 0.25) is 5.82 Å². The zero-order valence-electron chi connectivity index (χ0n) is 16.3. The number of hydrogen-bond donors (Lipinski definition) is 1. The number of nitrogens with one attached hydrogen (secondary N) is 1. The highest BCUT2D eigenvalue weighted by atomic mass is 79.9. The number of benzene rings is 3. The van der Waals surface area contributed by atoms with Gasteiger partial charge in [-0.25, -0.2) is 9.67 Å². The maximum atomic E-state index is 12.8. The summed E-state index contributed by atoms with van der Waals surface area (Å²) in [6.45, 7) is 1.98. The maximum absolute atomic E-state index is 12.8. The molecule has 0 radical (unpaired) electrons. The zero-order chi connectivity index (χ0) is 22.0. The van der Waals surface area contributed by atoms with E-state index >= 15 is 0 Å². The van der Waals surface area contributed by atoms with Gasteiger partial charge in [-0.1, -0.05) is 51.8 Å². The minimum absolute atomic E-state index is 0.0509. The molecule has 0 aliphatic heterocycles. The summed E-state index contributed by atoms with van der Waals surface area (Å²) >= 11 is 3.42. The van der Waals surface area contributed by atoms with Crippen LogP contribution in [0.1, 0.15) is 16.2 Å². The summed E-state index contributed by atoms with van der Waals surface area (Å²) in [6, 6.07) is 20.9. The lowest BCUT2D eigenvalue weighted by molar-refractivity contribution is -0.384. The van der Waals surface area contributed by atoms with Crippen molar-refractivity contribution in [2.75, 3.05) is 5.32 Å². The first-order valence-corrected chi connectivity index (χ1v) is 10.1. The van der Waals surface area contributed by atoms with Gasteiger partial charge in [0.05, 0.1) is 10.6 Å². The summed E-state index contributed by atoms with van der Waals surface area (Å²) in [6.07, 6.45) is 0. The number of halogens is 1. The van der Waals surface area contributed by atoms with Gasteiger partial charge in [0, 0.05) is 27.9 Å². The van der Waals surface area contributed by atoms with Gasteiger partial charge in [-0.05, 0) is 37.3 Å². The van der Waals surface area contributed by atoms with Gasteiger partial charge < -0.3 is 5.32 Å². The minimum atomic E-state index is -0.565. The Balaban J connectivity index is 1.73. The molecule has 0 unspecified atom stereocenters. The number of nitro groups is 1. The molecule has 0 bridgehead atoms. The molecule has 0 saturated heterocycles. The number of non-ortho nitro benzene ring substituents is 1. The molecular formula is C22H16BrN5O3. The largest absolute Gasteiger partial charge is 0.319 e. The van der Waals surface area contributed by atoms with Gasteiger partial charge in [-0.15, -0.1) is 5.10 Å². The predicted octanol–water partition coefficient (Wildman–Crippen LogP) is 5.17. The van der Waals surface area contributed by atoms with Crippen LogP contribution in [0.2, 0.25) is 0 Å². The number of aryl methyl sites for hydroxylation is 1. The fraction of sp³-hybridized carbons (Fsp3) is 0.0455. The second kappa shape index (κ2) is 8.49. The number of nitrogens with zero attached hydrogens (tertiary/aromatic N) is 4. The van der Waals surface area contributed by atoms with Crippen molar-refractivity contribution < 1.29 is 9.72 Å². The molecule has 4 aromatic rings. The van der Waals surface area contributed by atoms with E-state index in [0.29, 0.717) is 5.82 Å². The van der Waals surface area contributed by atoms with Crippen molar-refractivity contribution in [1.29, 1.82) is 0 Å². The quantitative estimate of drug-likeness (QED) is 0.315. The first-order chi connectivity index (χ1) is 14.9. The third kappa shape index (κ3) is 4.51. The standard InChI is InChI=1S/C22H16BrN5O3/c1-14-5-11-18(12-6-14)27-21(15-7-9-16(23)10-8-15)25-20(26-27)22(29)24-17-3-2-4-19(13-17)28(30)31/h2-13H,1H3,(H,24,29). The predicted molar refractivity (Wildman–Crippen MR) is 120 cm³/mol. The highest BCUT2D eigenvalue weighted by Crippen LogP contribution is 2.24. The number of rotatable bonds is 5. The average Bonchev–Trinajstić information content (AvgIpc) is 3.20. The summed E-state index contributed by atoms with van der Waals surface area (Å²) in [5.41, 5.74) is 2.80. The number of amides is 1. The molecule has 31 heavy (non-hydrogen) atoms. The van der Waals surface area contributed by atoms with E-state index < -0.39 is 10.8 Å². The lowest BCUT2D eigenvalue weighted by Crippen LogP contribution is -2.14. The number of carbonyl (C=O) groups excluding carboxylic acids is 1. The number of hydrogen-bond acceptors (Lipinski definition) is 5. The molecule has 154 valence electrons. The molecule has 0 fully saturated rings. The van der Waals surface area contributed by atoms with Gasteiger partial charge in [0.15, 0.2) is 5.82 Å². The molecule has 0 saturated carbocycles. The van der Waals surface area contributed by atoms with Crippen LogP contribution < -0.4 is 5.32 Å². The second-order valence-electron chi connectivity index (χ2n) is 6.77. The van der Waals surface area contributed by atoms with E-state index in [4.69, 9.17) is 0 Å². The van der Waals surface area contributed by atoms with Crippen LogP contribution in [0.3, 0.4) is 0 Å². The SMILES string of the molecule is Cc1ccc(-n2nc(C(=O)Nc3cccc([N+](=O)[O-])c3)nc2-c2ccc(Br)cc2)cc1. The van der Waals surface area contributed by atoms with E-state index in [1.54, 1.807) is 10.7 Å².